The molecule has 0 aliphatic heterocycles. The third-order valence-corrected chi connectivity index (χ3v) is 3.70. The van der Waals surface area contributed by atoms with Gasteiger partial charge in [-0.1, -0.05) is 0 Å². The minimum atomic E-state index is -0.541. The van der Waals surface area contributed by atoms with Crippen molar-refractivity contribution in [1.29, 1.82) is 5.26 Å². The number of nitrogens with zero attached hydrogens (tertiary/aromatic N) is 2. The topological polar surface area (TPSA) is 93.5 Å². The molecule has 0 aliphatic rings. The molecular formula is C16H15N3O4S. The van der Waals surface area contributed by atoms with Crippen LogP contribution in [0.4, 0.5) is 5.13 Å². The molecule has 0 spiro atoms. The molecule has 1 heterocycles. The second-order valence-electron chi connectivity index (χ2n) is 4.42. The van der Waals surface area contributed by atoms with E-state index in [0.29, 0.717) is 27.9 Å². The maximum absolute atomic E-state index is 12.2. The number of methoxy groups -OCH3 is 3. The number of anilines is 1. The second kappa shape index (κ2) is 7.99. The average molecular weight is 345 g/mol. The van der Waals surface area contributed by atoms with Crippen molar-refractivity contribution >= 4 is 28.5 Å². The molecule has 0 radical (unpaired) electrons. The van der Waals surface area contributed by atoms with Gasteiger partial charge in [0.2, 0.25) is 5.75 Å². The van der Waals surface area contributed by atoms with Crippen LogP contribution in [0.5, 0.6) is 17.2 Å². The van der Waals surface area contributed by atoms with Gasteiger partial charge in [0.05, 0.1) is 21.3 Å². The Kier molecular flexibility index (Phi) is 5.76. The van der Waals surface area contributed by atoms with Crippen LogP contribution in [0.15, 0.2) is 29.3 Å². The molecule has 124 valence electrons. The quantitative estimate of drug-likeness (QED) is 0.639. The van der Waals surface area contributed by atoms with Crippen LogP contribution >= 0.6 is 11.3 Å². The van der Waals surface area contributed by atoms with E-state index >= 15 is 0 Å². The number of ether oxygens (including phenoxy) is 3. The maximum Gasteiger partial charge on any atom is 0.268 e. The first-order chi connectivity index (χ1) is 11.6. The number of thiazole rings is 1. The lowest BCUT2D eigenvalue weighted by Gasteiger charge is -2.13. The van der Waals surface area contributed by atoms with Crippen LogP contribution in [0.3, 0.4) is 0 Å². The zero-order valence-electron chi connectivity index (χ0n) is 13.3. The van der Waals surface area contributed by atoms with Gasteiger partial charge in [0.15, 0.2) is 16.6 Å². The van der Waals surface area contributed by atoms with Crippen molar-refractivity contribution in [1.82, 2.24) is 4.98 Å². The summed E-state index contributed by atoms with van der Waals surface area (Å²) in [5, 5.41) is 14.0. The number of carbonyl (C=O) groups excluding carboxylic acids is 1. The third-order valence-electron chi connectivity index (χ3n) is 3.02. The first-order valence-corrected chi connectivity index (χ1v) is 7.63. The minimum Gasteiger partial charge on any atom is -0.493 e. The maximum atomic E-state index is 12.2. The Bertz CT molecular complexity index is 769. The molecule has 1 aromatic heterocycles. The van der Waals surface area contributed by atoms with Crippen LogP contribution in [0.2, 0.25) is 0 Å². The highest BCUT2D eigenvalue weighted by molar-refractivity contribution is 7.13. The van der Waals surface area contributed by atoms with Gasteiger partial charge in [-0.3, -0.25) is 10.1 Å². The van der Waals surface area contributed by atoms with E-state index in [1.54, 1.807) is 23.7 Å². The van der Waals surface area contributed by atoms with Crippen molar-refractivity contribution in [3.63, 3.8) is 0 Å². The number of nitriles is 1. The van der Waals surface area contributed by atoms with Gasteiger partial charge >= 0.3 is 0 Å². The molecule has 1 amide bonds. The first kappa shape index (κ1) is 17.3. The largest absolute Gasteiger partial charge is 0.493 e. The predicted molar refractivity (Wildman–Crippen MR) is 90.4 cm³/mol. The van der Waals surface area contributed by atoms with Crippen molar-refractivity contribution in [2.24, 2.45) is 0 Å². The van der Waals surface area contributed by atoms with Crippen LogP contribution in [0.1, 0.15) is 5.56 Å². The Morgan fingerprint density at radius 1 is 1.25 bits per heavy atom. The summed E-state index contributed by atoms with van der Waals surface area (Å²) in [7, 11) is 4.48. The summed E-state index contributed by atoms with van der Waals surface area (Å²) in [4.78, 5) is 16.1. The van der Waals surface area contributed by atoms with Crippen molar-refractivity contribution in [2.75, 3.05) is 26.6 Å². The summed E-state index contributed by atoms with van der Waals surface area (Å²) in [6.07, 6.45) is 3.00. The summed E-state index contributed by atoms with van der Waals surface area (Å²) in [5.74, 6) is 0.755. The Morgan fingerprint density at radius 2 is 1.92 bits per heavy atom. The molecule has 0 bridgehead atoms. The van der Waals surface area contributed by atoms with E-state index < -0.39 is 5.91 Å². The lowest BCUT2D eigenvalue weighted by molar-refractivity contribution is -0.112. The summed E-state index contributed by atoms with van der Waals surface area (Å²) in [6, 6.07) is 5.18. The van der Waals surface area contributed by atoms with Gasteiger partial charge in [-0.05, 0) is 23.8 Å². The molecule has 2 aromatic rings. The van der Waals surface area contributed by atoms with Crippen LogP contribution < -0.4 is 19.5 Å². The number of nitrogens with one attached hydrogen (secondary N) is 1. The SMILES string of the molecule is COc1cc(/C=C(\C#N)C(=O)Nc2nccs2)cc(OC)c1OC. The van der Waals surface area contributed by atoms with Crippen LogP contribution in [-0.4, -0.2) is 32.2 Å². The van der Waals surface area contributed by atoms with E-state index in [1.165, 1.54) is 38.7 Å². The van der Waals surface area contributed by atoms with Crippen LogP contribution in [0.25, 0.3) is 6.08 Å². The van der Waals surface area contributed by atoms with Gasteiger partial charge in [-0.25, -0.2) is 4.98 Å². The fourth-order valence-corrected chi connectivity index (χ4v) is 2.47. The third kappa shape index (κ3) is 3.83. The molecule has 8 heteroatoms. The van der Waals surface area contributed by atoms with Crippen molar-refractivity contribution in [2.45, 2.75) is 0 Å². The van der Waals surface area contributed by atoms with E-state index in [0.717, 1.165) is 0 Å². The summed E-state index contributed by atoms with van der Waals surface area (Å²) in [6.45, 7) is 0. The fourth-order valence-electron chi connectivity index (χ4n) is 1.95. The van der Waals surface area contributed by atoms with Gasteiger partial charge < -0.3 is 14.2 Å². The van der Waals surface area contributed by atoms with E-state index in [9.17, 15) is 10.1 Å². The summed E-state index contributed by atoms with van der Waals surface area (Å²) in [5.41, 5.74) is 0.495. The van der Waals surface area contributed by atoms with Gasteiger partial charge in [0, 0.05) is 11.6 Å². The van der Waals surface area contributed by atoms with Gasteiger partial charge in [-0.15, -0.1) is 11.3 Å². The molecule has 7 nitrogen and oxygen atoms in total. The highest BCUT2D eigenvalue weighted by atomic mass is 32.1. The zero-order valence-corrected chi connectivity index (χ0v) is 14.1. The lowest BCUT2D eigenvalue weighted by atomic mass is 10.1. The Morgan fingerprint density at radius 3 is 2.38 bits per heavy atom. The number of hydrogen-bond donors (Lipinski definition) is 1. The van der Waals surface area contributed by atoms with E-state index in [-0.39, 0.29) is 5.57 Å². The normalized spacial score (nSPS) is 10.7. The second-order valence-corrected chi connectivity index (χ2v) is 5.31. The number of benzene rings is 1. The van der Waals surface area contributed by atoms with Crippen LogP contribution in [0, 0.1) is 11.3 Å². The van der Waals surface area contributed by atoms with Gasteiger partial charge in [0.25, 0.3) is 5.91 Å². The molecule has 0 aliphatic carbocycles. The van der Waals surface area contributed by atoms with Crippen molar-refractivity contribution in [3.05, 3.63) is 34.8 Å². The molecule has 1 aromatic carbocycles. The highest BCUT2D eigenvalue weighted by Gasteiger charge is 2.15. The molecule has 0 fully saturated rings. The Balaban J connectivity index is 2.36. The minimum absolute atomic E-state index is 0.0699. The first-order valence-electron chi connectivity index (χ1n) is 6.75. The molecule has 0 saturated carbocycles. The number of carbonyl (C=O) groups is 1. The van der Waals surface area contributed by atoms with Gasteiger partial charge in [0.1, 0.15) is 11.6 Å². The van der Waals surface area contributed by atoms with E-state index in [2.05, 4.69) is 10.3 Å². The molecule has 2 rings (SSSR count). The predicted octanol–water partition coefficient (Wildman–Crippen LogP) is 2.71. The smallest absolute Gasteiger partial charge is 0.268 e. The zero-order chi connectivity index (χ0) is 17.5. The number of rotatable bonds is 6. The Labute approximate surface area is 143 Å². The molecule has 0 unspecified atom stereocenters. The van der Waals surface area contributed by atoms with E-state index in [4.69, 9.17) is 14.2 Å². The molecular weight excluding hydrogens is 330 g/mol. The molecule has 24 heavy (non-hydrogen) atoms. The number of aromatic nitrogens is 1. The van der Waals surface area contributed by atoms with Crippen molar-refractivity contribution < 1.29 is 19.0 Å². The van der Waals surface area contributed by atoms with Gasteiger partial charge in [-0.2, -0.15) is 5.26 Å². The Hall–Kier alpha value is -3.05. The average Bonchev–Trinajstić information content (AvgIpc) is 3.11. The molecule has 0 saturated heterocycles. The molecule has 0 atom stereocenters. The lowest BCUT2D eigenvalue weighted by Crippen LogP contribution is -2.13. The number of amides is 1. The highest BCUT2D eigenvalue weighted by Crippen LogP contribution is 2.38. The standard InChI is InChI=1S/C16H15N3O4S/c1-21-12-7-10(8-13(22-2)14(12)23-3)6-11(9-17)15(20)19-16-18-4-5-24-16/h4-8H,1-3H3,(H,18,19,20)/b11-6+. The van der Waals surface area contributed by atoms with Crippen LogP contribution in [-0.2, 0) is 4.79 Å². The monoisotopic (exact) mass is 345 g/mol. The summed E-state index contributed by atoms with van der Waals surface area (Å²) < 4.78 is 15.7. The fraction of sp³-hybridized carbons (Fsp3) is 0.188. The van der Waals surface area contributed by atoms with Crippen molar-refractivity contribution in [3.8, 4) is 23.3 Å². The van der Waals surface area contributed by atoms with E-state index in [1.807, 2.05) is 6.07 Å². The number of hydrogen-bond acceptors (Lipinski definition) is 7. The summed E-state index contributed by atoms with van der Waals surface area (Å²) >= 11 is 1.27. The molecule has 1 N–H and O–H groups in total.